The number of carboxylic acid groups (broad SMARTS) is 1. The zero-order valence-corrected chi connectivity index (χ0v) is 9.54. The predicted molar refractivity (Wildman–Crippen MR) is 54.4 cm³/mol. The van der Waals surface area contributed by atoms with Gasteiger partial charge in [-0.2, -0.15) is 0 Å². The van der Waals surface area contributed by atoms with E-state index in [-0.39, 0.29) is 0 Å². The first-order valence-corrected chi connectivity index (χ1v) is 6.06. The highest BCUT2D eigenvalue weighted by Crippen LogP contribution is 2.60. The van der Waals surface area contributed by atoms with E-state index in [4.69, 9.17) is 0 Å². The van der Waals surface area contributed by atoms with Crippen molar-refractivity contribution in [3.05, 3.63) is 0 Å². The van der Waals surface area contributed by atoms with Gasteiger partial charge < -0.3 is 14.8 Å². The van der Waals surface area contributed by atoms with E-state index in [1.54, 1.807) is 7.05 Å². The summed E-state index contributed by atoms with van der Waals surface area (Å²) >= 11 is 0. The Morgan fingerprint density at radius 1 is 1.31 bits per heavy atom. The highest BCUT2D eigenvalue weighted by molar-refractivity contribution is 5.63. The maximum absolute atomic E-state index is 14.5. The van der Waals surface area contributed by atoms with Gasteiger partial charge in [-0.25, -0.2) is 4.39 Å². The number of carbonyl (C=O) groups excluding carboxylic acids is 1. The Labute approximate surface area is 94.6 Å². The molecule has 4 aliphatic rings. The van der Waals surface area contributed by atoms with Crippen molar-refractivity contribution in [1.29, 1.82) is 0 Å². The van der Waals surface area contributed by atoms with Crippen LogP contribution < -0.4 is 5.11 Å². The van der Waals surface area contributed by atoms with Crippen LogP contribution in [0, 0.1) is 11.8 Å². The molecule has 0 saturated heterocycles. The Kier molecular flexibility index (Phi) is 1.88. The number of halogens is 1. The third-order valence-electron chi connectivity index (χ3n) is 4.94. The van der Waals surface area contributed by atoms with Crippen LogP contribution in [-0.4, -0.2) is 29.2 Å². The van der Waals surface area contributed by atoms with E-state index in [9.17, 15) is 14.3 Å². The average molecular weight is 226 g/mol. The number of hydrogen-bond acceptors (Lipinski definition) is 2. The lowest BCUT2D eigenvalue weighted by atomic mass is 9.51. The van der Waals surface area contributed by atoms with Crippen molar-refractivity contribution in [2.24, 2.45) is 11.8 Å². The predicted octanol–water partition coefficient (Wildman–Crippen LogP) is 1.32. The molecule has 0 aromatic heterocycles. The zero-order chi connectivity index (χ0) is 11.6. The molecule has 4 rings (SSSR count). The third-order valence-corrected chi connectivity index (χ3v) is 4.94. The van der Waals surface area contributed by atoms with Crippen LogP contribution >= 0.6 is 0 Å². The second-order valence-electron chi connectivity index (χ2n) is 6.16. The molecule has 16 heavy (non-hydrogen) atoms. The van der Waals surface area contributed by atoms with Gasteiger partial charge in [0.2, 0.25) is 0 Å². The van der Waals surface area contributed by atoms with Crippen molar-refractivity contribution in [3.63, 3.8) is 0 Å². The van der Waals surface area contributed by atoms with Gasteiger partial charge in [0.15, 0.2) is 0 Å². The second kappa shape index (κ2) is 2.90. The maximum Gasteiger partial charge on any atom is 0.137 e. The molecule has 0 radical (unpaired) electrons. The molecular weight excluding hydrogens is 209 g/mol. The Morgan fingerprint density at radius 3 is 2.31 bits per heavy atom. The van der Waals surface area contributed by atoms with E-state index in [0.717, 1.165) is 19.3 Å². The van der Waals surface area contributed by atoms with E-state index in [2.05, 4.69) is 0 Å². The summed E-state index contributed by atoms with van der Waals surface area (Å²) in [5.41, 5.74) is -1.56. The number of rotatable bonds is 1. The summed E-state index contributed by atoms with van der Waals surface area (Å²) in [7, 11) is 1.55. The molecule has 4 saturated carbocycles. The summed E-state index contributed by atoms with van der Waals surface area (Å²) in [6.07, 6.45) is 3.27. The lowest BCUT2D eigenvalue weighted by Crippen LogP contribution is -2.66. The summed E-state index contributed by atoms with van der Waals surface area (Å²) in [6.45, 7) is 0. The normalized spacial score (nSPS) is 49.4. The number of alkyl halides is 1. The van der Waals surface area contributed by atoms with Gasteiger partial charge in [-0.1, -0.05) is 0 Å². The quantitative estimate of drug-likeness (QED) is 0.677. The van der Waals surface area contributed by atoms with Crippen LogP contribution in [-0.2, 0) is 0 Å². The first-order valence-electron chi connectivity index (χ1n) is 6.06. The van der Waals surface area contributed by atoms with Crippen LogP contribution in [0.1, 0.15) is 38.5 Å². The molecule has 2 atom stereocenters. The van der Waals surface area contributed by atoms with E-state index >= 15 is 0 Å². The molecule has 1 amide bonds. The van der Waals surface area contributed by atoms with Gasteiger partial charge in [0.25, 0.3) is 0 Å². The van der Waals surface area contributed by atoms with E-state index in [0.29, 0.717) is 31.1 Å². The highest BCUT2D eigenvalue weighted by atomic mass is 19.1. The number of amides is 1. The van der Waals surface area contributed by atoms with Gasteiger partial charge >= 0.3 is 0 Å². The fourth-order valence-electron chi connectivity index (χ4n) is 4.69. The van der Waals surface area contributed by atoms with Gasteiger partial charge in [0, 0.05) is 19.0 Å². The molecule has 0 spiro atoms. The van der Waals surface area contributed by atoms with Crippen molar-refractivity contribution in [3.8, 4) is 0 Å². The average Bonchev–Trinajstić information content (AvgIpc) is 2.12. The molecule has 0 N–H and O–H groups in total. The first kappa shape index (κ1) is 10.4. The highest BCUT2D eigenvalue weighted by Gasteiger charge is 2.59. The van der Waals surface area contributed by atoms with Crippen molar-refractivity contribution in [2.75, 3.05) is 7.05 Å². The molecule has 2 unspecified atom stereocenters. The Balaban J connectivity index is 1.94. The minimum Gasteiger partial charge on any atom is -0.530 e. The van der Waals surface area contributed by atoms with Crippen molar-refractivity contribution in [2.45, 2.75) is 49.7 Å². The van der Waals surface area contributed by atoms with Gasteiger partial charge in [-0.05, 0) is 43.9 Å². The molecule has 4 fully saturated rings. The molecule has 0 heterocycles. The fourth-order valence-corrected chi connectivity index (χ4v) is 4.69. The van der Waals surface area contributed by atoms with Crippen LogP contribution in [0.25, 0.3) is 0 Å². The molecule has 4 aliphatic carbocycles. The first-order chi connectivity index (χ1) is 7.42. The topological polar surface area (TPSA) is 43.4 Å². The summed E-state index contributed by atoms with van der Waals surface area (Å²) in [4.78, 5) is 12.3. The van der Waals surface area contributed by atoms with Crippen molar-refractivity contribution >= 4 is 6.09 Å². The van der Waals surface area contributed by atoms with Gasteiger partial charge in [-0.3, -0.25) is 0 Å². The Bertz CT molecular complexity index is 330. The van der Waals surface area contributed by atoms with Crippen LogP contribution in [0.4, 0.5) is 9.18 Å². The Morgan fingerprint density at radius 2 is 1.88 bits per heavy atom. The monoisotopic (exact) mass is 226 g/mol. The molecule has 0 aliphatic heterocycles. The van der Waals surface area contributed by atoms with Crippen LogP contribution in [0.2, 0.25) is 0 Å². The van der Waals surface area contributed by atoms with Gasteiger partial charge in [0.05, 0.1) is 0 Å². The minimum absolute atomic E-state index is 0.382. The SMILES string of the molecule is CN(C(=O)[O-])C12CC3CC(CC(F)(C3)C1)C2. The summed E-state index contributed by atoms with van der Waals surface area (Å²) < 4.78 is 14.5. The molecule has 0 aromatic carbocycles. The number of hydrogen-bond donors (Lipinski definition) is 0. The molecule has 0 aromatic rings. The summed E-state index contributed by atoms with van der Waals surface area (Å²) in [6, 6.07) is 0. The second-order valence-corrected chi connectivity index (χ2v) is 6.16. The van der Waals surface area contributed by atoms with Gasteiger partial charge in [0.1, 0.15) is 11.8 Å². The lowest BCUT2D eigenvalue weighted by Gasteiger charge is -2.62. The molecule has 90 valence electrons. The van der Waals surface area contributed by atoms with E-state index in [1.807, 2.05) is 0 Å². The molecule has 4 heteroatoms. The van der Waals surface area contributed by atoms with Crippen LogP contribution in [0.3, 0.4) is 0 Å². The number of carbonyl (C=O) groups is 1. The lowest BCUT2D eigenvalue weighted by molar-refractivity contribution is -0.276. The van der Waals surface area contributed by atoms with Gasteiger partial charge in [-0.15, -0.1) is 0 Å². The zero-order valence-electron chi connectivity index (χ0n) is 9.54. The fraction of sp³-hybridized carbons (Fsp3) is 0.917. The van der Waals surface area contributed by atoms with E-state index < -0.39 is 17.3 Å². The van der Waals surface area contributed by atoms with E-state index in [1.165, 1.54) is 4.90 Å². The molecule has 4 bridgehead atoms. The maximum atomic E-state index is 14.5. The summed E-state index contributed by atoms with van der Waals surface area (Å²) in [5, 5.41) is 11.0. The third kappa shape index (κ3) is 1.28. The Hall–Kier alpha value is -0.800. The molecular formula is C12H17FNO2-. The van der Waals surface area contributed by atoms with Crippen molar-refractivity contribution in [1.82, 2.24) is 4.90 Å². The van der Waals surface area contributed by atoms with Crippen LogP contribution in [0.5, 0.6) is 0 Å². The molecule has 3 nitrogen and oxygen atoms in total. The number of nitrogens with zero attached hydrogens (tertiary/aromatic N) is 1. The largest absolute Gasteiger partial charge is 0.530 e. The van der Waals surface area contributed by atoms with Crippen molar-refractivity contribution < 1.29 is 14.3 Å². The van der Waals surface area contributed by atoms with Crippen LogP contribution in [0.15, 0.2) is 0 Å². The summed E-state index contributed by atoms with van der Waals surface area (Å²) in [5.74, 6) is 0.765. The standard InChI is InChI=1S/C12H18FNO2/c1-14(10(15)16)12-5-8-2-9(6-12)4-11(13,3-8)7-12/h8-9H,2-7H2,1H3,(H,15,16)/p-1. The minimum atomic E-state index is -1.16. The smallest absolute Gasteiger partial charge is 0.137 e.